The van der Waals surface area contributed by atoms with Crippen molar-refractivity contribution < 1.29 is 9.90 Å². The largest absolute Gasteiger partial charge is 0.393 e. The second-order valence-corrected chi connectivity index (χ2v) is 5.29. The molecule has 0 saturated heterocycles. The van der Waals surface area contributed by atoms with E-state index in [9.17, 15) is 9.90 Å². The Kier molecular flexibility index (Phi) is 4.74. The van der Waals surface area contributed by atoms with Crippen molar-refractivity contribution in [2.24, 2.45) is 11.1 Å². The highest BCUT2D eigenvalue weighted by molar-refractivity contribution is 5.77. The maximum Gasteiger partial charge on any atom is 0.220 e. The highest BCUT2D eigenvalue weighted by atomic mass is 16.3. The summed E-state index contributed by atoms with van der Waals surface area (Å²) in [6.07, 6.45) is 4.09. The van der Waals surface area contributed by atoms with Crippen LogP contribution in [0.5, 0.6) is 0 Å². The van der Waals surface area contributed by atoms with E-state index in [2.05, 4.69) is 5.32 Å². The third kappa shape index (κ3) is 3.76. The van der Waals surface area contributed by atoms with Crippen LogP contribution >= 0.6 is 0 Å². The van der Waals surface area contributed by atoms with Gasteiger partial charge in [0, 0.05) is 12.5 Å². The van der Waals surface area contributed by atoms with Gasteiger partial charge in [-0.2, -0.15) is 0 Å². The molecule has 4 nitrogen and oxygen atoms in total. The average molecular weight is 228 g/mol. The zero-order valence-electron chi connectivity index (χ0n) is 10.3. The van der Waals surface area contributed by atoms with E-state index in [1.165, 1.54) is 6.42 Å². The first-order chi connectivity index (χ1) is 7.47. The molecule has 1 fully saturated rings. The van der Waals surface area contributed by atoms with Gasteiger partial charge in [0.05, 0.1) is 6.10 Å². The monoisotopic (exact) mass is 228 g/mol. The fraction of sp³-hybridized carbons (Fsp3) is 0.917. The summed E-state index contributed by atoms with van der Waals surface area (Å²) in [5.41, 5.74) is 5.77. The van der Waals surface area contributed by atoms with Crippen molar-refractivity contribution in [2.75, 3.05) is 6.54 Å². The Bertz CT molecular complexity index is 232. The number of hydrogen-bond acceptors (Lipinski definition) is 3. The Balaban J connectivity index is 2.29. The first-order valence-electron chi connectivity index (χ1n) is 6.15. The Morgan fingerprint density at radius 2 is 2.12 bits per heavy atom. The molecule has 4 heteroatoms. The van der Waals surface area contributed by atoms with Gasteiger partial charge in [-0.15, -0.1) is 0 Å². The van der Waals surface area contributed by atoms with Gasteiger partial charge in [-0.1, -0.05) is 6.42 Å². The van der Waals surface area contributed by atoms with Gasteiger partial charge in [0.25, 0.3) is 0 Å². The molecule has 16 heavy (non-hydrogen) atoms. The average Bonchev–Trinajstić information content (AvgIpc) is 2.09. The van der Waals surface area contributed by atoms with Crippen LogP contribution in [0.25, 0.3) is 0 Å². The van der Waals surface area contributed by atoms with Crippen LogP contribution in [0.1, 0.15) is 46.0 Å². The van der Waals surface area contributed by atoms with E-state index >= 15 is 0 Å². The Morgan fingerprint density at radius 3 is 2.50 bits per heavy atom. The van der Waals surface area contributed by atoms with Gasteiger partial charge >= 0.3 is 0 Å². The molecule has 0 aromatic heterocycles. The summed E-state index contributed by atoms with van der Waals surface area (Å²) in [4.78, 5) is 11.8. The lowest BCUT2D eigenvalue weighted by molar-refractivity contribution is -0.125. The lowest BCUT2D eigenvalue weighted by atomic mass is 9.66. The molecule has 1 rings (SSSR count). The zero-order valence-corrected chi connectivity index (χ0v) is 10.3. The summed E-state index contributed by atoms with van der Waals surface area (Å²) >= 11 is 0. The minimum Gasteiger partial charge on any atom is -0.393 e. The fourth-order valence-electron chi connectivity index (χ4n) is 2.37. The smallest absolute Gasteiger partial charge is 0.220 e. The van der Waals surface area contributed by atoms with Crippen LogP contribution < -0.4 is 11.1 Å². The van der Waals surface area contributed by atoms with E-state index in [0.29, 0.717) is 19.4 Å². The topological polar surface area (TPSA) is 75.3 Å². The Hall–Kier alpha value is -0.610. The lowest BCUT2D eigenvalue weighted by Gasteiger charge is -2.40. The maximum absolute atomic E-state index is 11.8. The third-order valence-corrected chi connectivity index (χ3v) is 3.48. The van der Waals surface area contributed by atoms with E-state index in [4.69, 9.17) is 5.73 Å². The molecule has 2 unspecified atom stereocenters. The SMILES string of the molecule is CC(O)CC(C)NC(=O)CC1(CN)CCC1. The van der Waals surface area contributed by atoms with E-state index in [1.807, 2.05) is 6.92 Å². The van der Waals surface area contributed by atoms with Crippen molar-refractivity contribution >= 4 is 5.91 Å². The molecule has 1 saturated carbocycles. The van der Waals surface area contributed by atoms with E-state index in [0.717, 1.165) is 12.8 Å². The summed E-state index contributed by atoms with van der Waals surface area (Å²) in [6.45, 7) is 4.25. The fourth-order valence-corrected chi connectivity index (χ4v) is 2.37. The van der Waals surface area contributed by atoms with Crippen molar-refractivity contribution in [3.63, 3.8) is 0 Å². The van der Waals surface area contributed by atoms with Crippen molar-refractivity contribution in [1.82, 2.24) is 5.32 Å². The quantitative estimate of drug-likeness (QED) is 0.629. The number of hydrogen-bond donors (Lipinski definition) is 3. The lowest BCUT2D eigenvalue weighted by Crippen LogP contribution is -2.44. The molecule has 0 bridgehead atoms. The molecule has 1 aliphatic rings. The standard InChI is InChI=1S/C12H24N2O2/c1-9(6-10(2)15)14-11(16)7-12(8-13)4-3-5-12/h9-10,15H,3-8,13H2,1-2H3,(H,14,16). The molecule has 1 amide bonds. The first-order valence-corrected chi connectivity index (χ1v) is 6.15. The van der Waals surface area contributed by atoms with Crippen LogP contribution in [-0.4, -0.2) is 29.7 Å². The summed E-state index contributed by atoms with van der Waals surface area (Å²) in [5.74, 6) is 0.0679. The van der Waals surface area contributed by atoms with Crippen LogP contribution in [0.15, 0.2) is 0 Å². The van der Waals surface area contributed by atoms with Gasteiger partial charge in [0.1, 0.15) is 0 Å². The number of carbonyl (C=O) groups is 1. The normalized spacial score (nSPS) is 22.0. The van der Waals surface area contributed by atoms with Gasteiger partial charge in [-0.25, -0.2) is 0 Å². The summed E-state index contributed by atoms with van der Waals surface area (Å²) in [5, 5.41) is 12.1. The molecule has 2 atom stereocenters. The molecule has 0 spiro atoms. The molecular formula is C12H24N2O2. The second kappa shape index (κ2) is 5.64. The van der Waals surface area contributed by atoms with Crippen LogP contribution in [0.2, 0.25) is 0 Å². The molecule has 4 N–H and O–H groups in total. The summed E-state index contributed by atoms with van der Waals surface area (Å²) in [6, 6.07) is 0.0300. The molecule has 1 aliphatic carbocycles. The molecule has 0 aromatic carbocycles. The highest BCUT2D eigenvalue weighted by Crippen LogP contribution is 2.42. The molecule has 0 heterocycles. The van der Waals surface area contributed by atoms with Crippen molar-refractivity contribution in [3.05, 3.63) is 0 Å². The van der Waals surface area contributed by atoms with Gasteiger partial charge < -0.3 is 16.2 Å². The molecule has 94 valence electrons. The van der Waals surface area contributed by atoms with E-state index < -0.39 is 0 Å². The molecular weight excluding hydrogens is 204 g/mol. The number of aliphatic hydroxyl groups is 1. The van der Waals surface area contributed by atoms with Crippen molar-refractivity contribution in [2.45, 2.75) is 58.1 Å². The van der Waals surface area contributed by atoms with E-state index in [1.54, 1.807) is 6.92 Å². The predicted molar refractivity (Wildman–Crippen MR) is 63.9 cm³/mol. The van der Waals surface area contributed by atoms with Crippen LogP contribution in [-0.2, 0) is 4.79 Å². The molecule has 0 aromatic rings. The molecule has 0 aliphatic heterocycles. The number of carbonyl (C=O) groups excluding carboxylic acids is 1. The summed E-state index contributed by atoms with van der Waals surface area (Å²) < 4.78 is 0. The van der Waals surface area contributed by atoms with Crippen LogP contribution in [0.3, 0.4) is 0 Å². The first kappa shape index (κ1) is 13.5. The van der Waals surface area contributed by atoms with Crippen molar-refractivity contribution in [1.29, 1.82) is 0 Å². The number of nitrogens with one attached hydrogen (secondary N) is 1. The minimum absolute atomic E-state index is 0.0300. The summed E-state index contributed by atoms with van der Waals surface area (Å²) in [7, 11) is 0. The highest BCUT2D eigenvalue weighted by Gasteiger charge is 2.37. The number of amides is 1. The van der Waals surface area contributed by atoms with Gasteiger partial charge in [0.2, 0.25) is 5.91 Å². The van der Waals surface area contributed by atoms with E-state index in [-0.39, 0.29) is 23.5 Å². The van der Waals surface area contributed by atoms with Gasteiger partial charge in [-0.05, 0) is 45.1 Å². The molecule has 0 radical (unpaired) electrons. The number of aliphatic hydroxyl groups excluding tert-OH is 1. The number of rotatable bonds is 6. The number of nitrogens with two attached hydrogens (primary N) is 1. The zero-order chi connectivity index (χ0) is 12.2. The van der Waals surface area contributed by atoms with Gasteiger partial charge in [0.15, 0.2) is 0 Å². The second-order valence-electron chi connectivity index (χ2n) is 5.29. The minimum atomic E-state index is -0.373. The van der Waals surface area contributed by atoms with Crippen LogP contribution in [0, 0.1) is 5.41 Å². The van der Waals surface area contributed by atoms with Gasteiger partial charge in [-0.3, -0.25) is 4.79 Å². The Morgan fingerprint density at radius 1 is 1.50 bits per heavy atom. The van der Waals surface area contributed by atoms with Crippen LogP contribution in [0.4, 0.5) is 0 Å². The predicted octanol–water partition coefficient (Wildman–Crippen LogP) is 0.781. The maximum atomic E-state index is 11.8. The van der Waals surface area contributed by atoms with Crippen molar-refractivity contribution in [3.8, 4) is 0 Å². The third-order valence-electron chi connectivity index (χ3n) is 3.48. The Labute approximate surface area is 97.6 Å².